The second kappa shape index (κ2) is 6.06. The molecular weight excluding hydrogens is 272 g/mol. The maximum Gasteiger partial charge on any atom is 0.262 e. The number of nitrogens with zero attached hydrogens (tertiary/aromatic N) is 2. The minimum absolute atomic E-state index is 0.102. The van der Waals surface area contributed by atoms with Crippen molar-refractivity contribution in [2.45, 2.75) is 45.1 Å². The molecule has 2 aromatic heterocycles. The van der Waals surface area contributed by atoms with Crippen LogP contribution in [0.3, 0.4) is 0 Å². The number of hydrogen-bond donors (Lipinski definition) is 0. The van der Waals surface area contributed by atoms with Crippen molar-refractivity contribution in [3.63, 3.8) is 0 Å². The number of fused-ring (bicyclic) bond motifs is 3. The third kappa shape index (κ3) is 2.52. The number of hydrogen-bond acceptors (Lipinski definition) is 4. The first-order valence-electron chi connectivity index (χ1n) is 7.30. The van der Waals surface area contributed by atoms with Crippen molar-refractivity contribution >= 4 is 21.6 Å². The molecule has 20 heavy (non-hydrogen) atoms. The van der Waals surface area contributed by atoms with Gasteiger partial charge in [0.2, 0.25) is 0 Å². The molecule has 5 heteroatoms. The summed E-state index contributed by atoms with van der Waals surface area (Å²) < 4.78 is 6.74. The predicted octanol–water partition coefficient (Wildman–Crippen LogP) is 2.76. The van der Waals surface area contributed by atoms with Crippen molar-refractivity contribution in [2.24, 2.45) is 0 Å². The summed E-state index contributed by atoms with van der Waals surface area (Å²) >= 11 is 1.71. The summed E-state index contributed by atoms with van der Waals surface area (Å²) in [7, 11) is 1.65. The highest BCUT2D eigenvalue weighted by atomic mass is 32.1. The molecule has 1 aliphatic carbocycles. The van der Waals surface area contributed by atoms with Crippen LogP contribution in [0.5, 0.6) is 0 Å². The summed E-state index contributed by atoms with van der Waals surface area (Å²) in [6.45, 7) is 1.11. The van der Waals surface area contributed by atoms with Gasteiger partial charge in [-0.2, -0.15) is 0 Å². The summed E-state index contributed by atoms with van der Waals surface area (Å²) in [6.07, 6.45) is 8.79. The van der Waals surface area contributed by atoms with Gasteiger partial charge < -0.3 is 4.74 Å². The van der Waals surface area contributed by atoms with Crippen molar-refractivity contribution in [2.75, 3.05) is 13.7 Å². The van der Waals surface area contributed by atoms with E-state index in [0.29, 0.717) is 13.2 Å². The van der Waals surface area contributed by atoms with E-state index in [0.717, 1.165) is 23.1 Å². The molecule has 3 rings (SSSR count). The van der Waals surface area contributed by atoms with E-state index >= 15 is 0 Å². The molecule has 0 unspecified atom stereocenters. The van der Waals surface area contributed by atoms with Crippen molar-refractivity contribution in [1.29, 1.82) is 0 Å². The third-order valence-corrected chi connectivity index (χ3v) is 5.18. The molecule has 0 saturated heterocycles. The quantitative estimate of drug-likeness (QED) is 0.873. The average molecular weight is 292 g/mol. The molecule has 0 bridgehead atoms. The maximum atomic E-state index is 12.6. The molecule has 0 saturated carbocycles. The Bertz CT molecular complexity index is 660. The Morgan fingerprint density at radius 3 is 2.90 bits per heavy atom. The molecule has 0 fully saturated rings. The maximum absolute atomic E-state index is 12.6. The zero-order valence-electron chi connectivity index (χ0n) is 11.9. The van der Waals surface area contributed by atoms with Crippen LogP contribution in [0.25, 0.3) is 10.2 Å². The van der Waals surface area contributed by atoms with E-state index in [1.54, 1.807) is 29.3 Å². The van der Waals surface area contributed by atoms with Gasteiger partial charge in [-0.1, -0.05) is 12.8 Å². The summed E-state index contributed by atoms with van der Waals surface area (Å²) in [5.41, 5.74) is 1.37. The van der Waals surface area contributed by atoms with E-state index in [1.807, 2.05) is 0 Å². The Morgan fingerprint density at radius 1 is 1.30 bits per heavy atom. The van der Waals surface area contributed by atoms with E-state index in [4.69, 9.17) is 4.74 Å². The smallest absolute Gasteiger partial charge is 0.262 e. The largest absolute Gasteiger partial charge is 0.383 e. The van der Waals surface area contributed by atoms with E-state index in [9.17, 15) is 4.79 Å². The highest BCUT2D eigenvalue weighted by molar-refractivity contribution is 7.18. The van der Waals surface area contributed by atoms with E-state index < -0.39 is 0 Å². The molecule has 0 aromatic carbocycles. The van der Waals surface area contributed by atoms with Gasteiger partial charge in [-0.3, -0.25) is 9.36 Å². The van der Waals surface area contributed by atoms with Crippen LogP contribution in [0.4, 0.5) is 0 Å². The Morgan fingerprint density at radius 2 is 2.10 bits per heavy atom. The Hall–Kier alpha value is -1.20. The molecule has 0 radical (unpaired) electrons. The van der Waals surface area contributed by atoms with E-state index in [2.05, 4.69) is 4.98 Å². The zero-order chi connectivity index (χ0) is 13.9. The zero-order valence-corrected chi connectivity index (χ0v) is 12.7. The third-order valence-electron chi connectivity index (χ3n) is 3.98. The van der Waals surface area contributed by atoms with Crippen LogP contribution in [-0.4, -0.2) is 23.3 Å². The van der Waals surface area contributed by atoms with Gasteiger partial charge in [0.25, 0.3) is 5.56 Å². The Balaban J connectivity index is 2.10. The molecule has 0 spiro atoms. The van der Waals surface area contributed by atoms with Crippen LogP contribution in [0.2, 0.25) is 0 Å². The lowest BCUT2D eigenvalue weighted by Crippen LogP contribution is -2.22. The van der Waals surface area contributed by atoms with Gasteiger partial charge >= 0.3 is 0 Å². The molecule has 0 atom stereocenters. The number of methoxy groups -OCH3 is 1. The SMILES string of the molecule is COCCn1cnc2sc3c(c2c1=O)CCCCCC3. The summed E-state index contributed by atoms with van der Waals surface area (Å²) in [4.78, 5) is 19.4. The van der Waals surface area contributed by atoms with E-state index in [-0.39, 0.29) is 5.56 Å². The molecule has 4 nitrogen and oxygen atoms in total. The topological polar surface area (TPSA) is 44.1 Å². The van der Waals surface area contributed by atoms with Gasteiger partial charge in [0.15, 0.2) is 0 Å². The average Bonchev–Trinajstić information content (AvgIpc) is 2.76. The fourth-order valence-electron chi connectivity index (χ4n) is 2.88. The normalized spacial score (nSPS) is 15.8. The van der Waals surface area contributed by atoms with Crippen molar-refractivity contribution in [1.82, 2.24) is 9.55 Å². The van der Waals surface area contributed by atoms with E-state index in [1.165, 1.54) is 36.1 Å². The standard InChI is InChI=1S/C15H20N2O2S/c1-19-9-8-17-10-16-14-13(15(17)18)11-6-4-2-3-5-7-12(11)20-14/h10H,2-9H2,1H3. The van der Waals surface area contributed by atoms with Crippen molar-refractivity contribution in [3.05, 3.63) is 27.1 Å². The molecule has 0 N–H and O–H groups in total. The molecule has 0 aliphatic heterocycles. The van der Waals surface area contributed by atoms with Crippen LogP contribution < -0.4 is 5.56 Å². The number of rotatable bonds is 3. The van der Waals surface area contributed by atoms with Crippen LogP contribution in [0, 0.1) is 0 Å². The lowest BCUT2D eigenvalue weighted by Gasteiger charge is -2.09. The van der Waals surface area contributed by atoms with Crippen LogP contribution in [-0.2, 0) is 24.1 Å². The Labute approximate surface area is 122 Å². The first kappa shape index (κ1) is 13.8. The summed E-state index contributed by atoms with van der Waals surface area (Å²) in [5, 5.41) is 0.866. The van der Waals surface area contributed by atoms with Gasteiger partial charge in [0, 0.05) is 12.0 Å². The van der Waals surface area contributed by atoms with Gasteiger partial charge in [0.1, 0.15) is 4.83 Å². The molecule has 0 amide bonds. The summed E-state index contributed by atoms with van der Waals surface area (Å²) in [5.74, 6) is 0. The first-order chi connectivity index (χ1) is 9.81. The molecule has 2 heterocycles. The fraction of sp³-hybridized carbons (Fsp3) is 0.600. The van der Waals surface area contributed by atoms with Crippen LogP contribution >= 0.6 is 11.3 Å². The molecular formula is C15H20N2O2S. The lowest BCUT2D eigenvalue weighted by atomic mass is 9.98. The van der Waals surface area contributed by atoms with Crippen LogP contribution in [0.15, 0.2) is 11.1 Å². The monoisotopic (exact) mass is 292 g/mol. The van der Waals surface area contributed by atoms with Gasteiger partial charge in [0.05, 0.1) is 24.9 Å². The van der Waals surface area contributed by atoms with Gasteiger partial charge in [-0.25, -0.2) is 4.98 Å². The number of aryl methyl sites for hydroxylation is 2. The minimum Gasteiger partial charge on any atom is -0.383 e. The minimum atomic E-state index is 0.102. The number of aromatic nitrogens is 2. The first-order valence-corrected chi connectivity index (χ1v) is 8.11. The van der Waals surface area contributed by atoms with Crippen molar-refractivity contribution < 1.29 is 4.74 Å². The highest BCUT2D eigenvalue weighted by Gasteiger charge is 2.18. The molecule has 108 valence electrons. The highest BCUT2D eigenvalue weighted by Crippen LogP contribution is 2.32. The van der Waals surface area contributed by atoms with Crippen LogP contribution in [0.1, 0.15) is 36.1 Å². The predicted molar refractivity (Wildman–Crippen MR) is 81.6 cm³/mol. The number of thiophene rings is 1. The van der Waals surface area contributed by atoms with Gasteiger partial charge in [-0.15, -0.1) is 11.3 Å². The van der Waals surface area contributed by atoms with Crippen molar-refractivity contribution in [3.8, 4) is 0 Å². The second-order valence-electron chi connectivity index (χ2n) is 5.33. The second-order valence-corrected chi connectivity index (χ2v) is 6.42. The molecule has 1 aliphatic rings. The lowest BCUT2D eigenvalue weighted by molar-refractivity contribution is 0.186. The Kier molecular flexibility index (Phi) is 4.17. The number of ether oxygens (including phenoxy) is 1. The van der Waals surface area contributed by atoms with Gasteiger partial charge in [-0.05, 0) is 31.2 Å². The molecule has 2 aromatic rings. The fourth-order valence-corrected chi connectivity index (χ4v) is 4.10. The summed E-state index contributed by atoms with van der Waals surface area (Å²) in [6, 6.07) is 0.